The molecule has 162 valence electrons. The first kappa shape index (κ1) is 23.7. The van der Waals surface area contributed by atoms with Gasteiger partial charge in [0, 0.05) is 5.41 Å². The molecule has 29 heavy (non-hydrogen) atoms. The highest BCUT2D eigenvalue weighted by Crippen LogP contribution is 2.46. The summed E-state index contributed by atoms with van der Waals surface area (Å²) in [5, 5.41) is 20.6. The molecule has 2 N–H and O–H groups in total. The van der Waals surface area contributed by atoms with E-state index in [1.165, 1.54) is 16.7 Å². The highest BCUT2D eigenvalue weighted by atomic mass is 16.3. The SMILES string of the molecule is CCC(CC)(c1ccc(CCC(O)C(C)(C)C)c(C)c1)C1C=C(C)C(O)=CC1C. The van der Waals surface area contributed by atoms with Gasteiger partial charge in [0.25, 0.3) is 0 Å². The molecule has 0 radical (unpaired) electrons. The van der Waals surface area contributed by atoms with Crippen molar-refractivity contribution in [1.82, 2.24) is 0 Å². The molecule has 1 aromatic rings. The lowest BCUT2D eigenvalue weighted by Crippen LogP contribution is -2.38. The fraction of sp³-hybridized carbons (Fsp3) is 0.630. The predicted molar refractivity (Wildman–Crippen MR) is 124 cm³/mol. The lowest BCUT2D eigenvalue weighted by atomic mass is 9.61. The van der Waals surface area contributed by atoms with Gasteiger partial charge in [-0.1, -0.05) is 65.8 Å². The van der Waals surface area contributed by atoms with Gasteiger partial charge < -0.3 is 10.2 Å². The molecule has 3 atom stereocenters. The third kappa shape index (κ3) is 4.97. The van der Waals surface area contributed by atoms with Crippen molar-refractivity contribution in [2.75, 3.05) is 0 Å². The average molecular weight is 399 g/mol. The highest BCUT2D eigenvalue weighted by Gasteiger charge is 2.40. The standard InChI is InChI=1S/C27H42O2/c1-9-27(10-2,23-16-20(5)24(28)17-19(23)4)22-13-11-21(18(3)15-22)12-14-25(29)26(6,7)8/h11,13,15-17,19,23,25,28-29H,9-10,12,14H2,1-8H3. The van der Waals surface area contributed by atoms with Crippen LogP contribution >= 0.6 is 0 Å². The molecule has 0 aromatic heterocycles. The number of allylic oxidation sites excluding steroid dienone is 3. The van der Waals surface area contributed by atoms with E-state index in [1.54, 1.807) is 0 Å². The fourth-order valence-electron chi connectivity index (χ4n) is 4.99. The molecule has 2 heteroatoms. The summed E-state index contributed by atoms with van der Waals surface area (Å²) >= 11 is 0. The van der Waals surface area contributed by atoms with Crippen LogP contribution in [0.2, 0.25) is 0 Å². The highest BCUT2D eigenvalue weighted by molar-refractivity contribution is 5.40. The van der Waals surface area contributed by atoms with E-state index in [9.17, 15) is 10.2 Å². The van der Waals surface area contributed by atoms with E-state index in [2.05, 4.69) is 72.7 Å². The predicted octanol–water partition coefficient (Wildman–Crippen LogP) is 7.05. The van der Waals surface area contributed by atoms with Crippen LogP contribution in [0.4, 0.5) is 0 Å². The molecular formula is C27H42O2. The van der Waals surface area contributed by atoms with Gasteiger partial charge in [-0.15, -0.1) is 0 Å². The summed E-state index contributed by atoms with van der Waals surface area (Å²) in [6.07, 6.45) is 7.86. The summed E-state index contributed by atoms with van der Waals surface area (Å²) in [5.74, 6) is 1.11. The number of hydrogen-bond acceptors (Lipinski definition) is 2. The van der Waals surface area contributed by atoms with Crippen LogP contribution in [0.3, 0.4) is 0 Å². The van der Waals surface area contributed by atoms with Crippen LogP contribution in [0, 0.1) is 24.2 Å². The van der Waals surface area contributed by atoms with Gasteiger partial charge in [-0.2, -0.15) is 0 Å². The summed E-state index contributed by atoms with van der Waals surface area (Å²) in [5.41, 5.74) is 5.02. The Morgan fingerprint density at radius 2 is 1.66 bits per heavy atom. The molecule has 0 saturated carbocycles. The number of hydrogen-bond donors (Lipinski definition) is 2. The molecule has 0 fully saturated rings. The van der Waals surface area contributed by atoms with Crippen molar-refractivity contribution in [2.24, 2.45) is 17.3 Å². The Balaban J connectivity index is 2.34. The van der Waals surface area contributed by atoms with Crippen LogP contribution in [0.5, 0.6) is 0 Å². The second-order valence-electron chi connectivity index (χ2n) is 10.2. The number of aliphatic hydroxyl groups excluding tert-OH is 2. The molecule has 1 aliphatic carbocycles. The first-order valence-electron chi connectivity index (χ1n) is 11.3. The fourth-order valence-corrected chi connectivity index (χ4v) is 4.99. The van der Waals surface area contributed by atoms with E-state index in [4.69, 9.17) is 0 Å². The van der Waals surface area contributed by atoms with Crippen molar-refractivity contribution in [3.05, 3.63) is 58.4 Å². The minimum atomic E-state index is -0.289. The molecule has 3 unspecified atom stereocenters. The minimum absolute atomic E-state index is 0.0616. The maximum Gasteiger partial charge on any atom is 0.114 e. The van der Waals surface area contributed by atoms with E-state index < -0.39 is 0 Å². The molecule has 1 aromatic carbocycles. The monoisotopic (exact) mass is 398 g/mol. The largest absolute Gasteiger partial charge is 0.508 e. The van der Waals surface area contributed by atoms with E-state index in [-0.39, 0.29) is 16.9 Å². The van der Waals surface area contributed by atoms with Crippen LogP contribution in [-0.4, -0.2) is 16.3 Å². The molecule has 1 aliphatic rings. The maximum atomic E-state index is 10.4. The Labute approximate surface area is 178 Å². The average Bonchev–Trinajstić information content (AvgIpc) is 2.65. The van der Waals surface area contributed by atoms with Crippen LogP contribution in [0.15, 0.2) is 41.7 Å². The van der Waals surface area contributed by atoms with Crippen molar-refractivity contribution >= 4 is 0 Å². The molecule has 0 aliphatic heterocycles. The van der Waals surface area contributed by atoms with Crippen LogP contribution in [0.25, 0.3) is 0 Å². The van der Waals surface area contributed by atoms with E-state index in [0.29, 0.717) is 17.6 Å². The Hall–Kier alpha value is -1.54. The van der Waals surface area contributed by atoms with Gasteiger partial charge in [-0.05, 0) is 85.1 Å². The Morgan fingerprint density at radius 3 is 2.17 bits per heavy atom. The molecule has 0 amide bonds. The van der Waals surface area contributed by atoms with Gasteiger partial charge in [0.1, 0.15) is 5.76 Å². The zero-order chi connectivity index (χ0) is 22.0. The van der Waals surface area contributed by atoms with Gasteiger partial charge >= 0.3 is 0 Å². The normalized spacial score (nSPS) is 21.6. The first-order valence-corrected chi connectivity index (χ1v) is 11.3. The Morgan fingerprint density at radius 1 is 1.03 bits per heavy atom. The third-order valence-corrected chi connectivity index (χ3v) is 7.32. The van der Waals surface area contributed by atoms with Gasteiger partial charge in [0.15, 0.2) is 0 Å². The van der Waals surface area contributed by atoms with Crippen molar-refractivity contribution < 1.29 is 10.2 Å². The minimum Gasteiger partial charge on any atom is -0.508 e. The van der Waals surface area contributed by atoms with E-state index in [0.717, 1.165) is 31.3 Å². The van der Waals surface area contributed by atoms with Crippen LogP contribution in [0.1, 0.15) is 84.4 Å². The molecular weight excluding hydrogens is 356 g/mol. The second-order valence-corrected chi connectivity index (χ2v) is 10.2. The van der Waals surface area contributed by atoms with Crippen LogP contribution in [-0.2, 0) is 11.8 Å². The zero-order valence-electron chi connectivity index (χ0n) is 19.8. The number of aryl methyl sites for hydroxylation is 2. The zero-order valence-corrected chi connectivity index (χ0v) is 19.8. The van der Waals surface area contributed by atoms with Crippen LogP contribution < -0.4 is 0 Å². The first-order chi connectivity index (χ1) is 13.5. The number of aliphatic hydroxyl groups is 2. The molecule has 0 heterocycles. The summed E-state index contributed by atoms with van der Waals surface area (Å²) in [7, 11) is 0. The van der Waals surface area contributed by atoms with E-state index in [1.807, 2.05) is 13.0 Å². The topological polar surface area (TPSA) is 40.5 Å². The lowest BCUT2D eigenvalue weighted by Gasteiger charge is -2.43. The van der Waals surface area contributed by atoms with Gasteiger partial charge in [0.2, 0.25) is 0 Å². The summed E-state index contributed by atoms with van der Waals surface area (Å²) < 4.78 is 0. The van der Waals surface area contributed by atoms with Gasteiger partial charge in [0.05, 0.1) is 6.10 Å². The Bertz CT molecular complexity index is 759. The summed E-state index contributed by atoms with van der Waals surface area (Å²) in [6, 6.07) is 6.96. The van der Waals surface area contributed by atoms with Crippen molar-refractivity contribution in [1.29, 1.82) is 0 Å². The van der Waals surface area contributed by atoms with Crippen molar-refractivity contribution in [3.8, 4) is 0 Å². The second kappa shape index (κ2) is 9.08. The van der Waals surface area contributed by atoms with Crippen molar-refractivity contribution in [2.45, 2.75) is 92.6 Å². The summed E-state index contributed by atoms with van der Waals surface area (Å²) in [4.78, 5) is 0. The Kier molecular flexibility index (Phi) is 7.43. The maximum absolute atomic E-state index is 10.4. The number of rotatable bonds is 7. The molecule has 2 nitrogen and oxygen atoms in total. The quantitative estimate of drug-likeness (QED) is 0.517. The van der Waals surface area contributed by atoms with Gasteiger partial charge in [-0.25, -0.2) is 0 Å². The van der Waals surface area contributed by atoms with Gasteiger partial charge in [-0.3, -0.25) is 0 Å². The molecule has 0 bridgehead atoms. The van der Waals surface area contributed by atoms with E-state index >= 15 is 0 Å². The number of benzene rings is 1. The molecule has 0 saturated heterocycles. The lowest BCUT2D eigenvalue weighted by molar-refractivity contribution is 0.0559. The van der Waals surface area contributed by atoms with Crippen molar-refractivity contribution in [3.63, 3.8) is 0 Å². The smallest absolute Gasteiger partial charge is 0.114 e. The third-order valence-electron chi connectivity index (χ3n) is 7.32. The molecule has 2 rings (SSSR count). The summed E-state index contributed by atoms with van der Waals surface area (Å²) in [6.45, 7) is 17.3. The molecule has 0 spiro atoms.